The number of aromatic nitrogens is 2. The van der Waals surface area contributed by atoms with Crippen LogP contribution in [0.4, 0.5) is 0 Å². The van der Waals surface area contributed by atoms with Crippen LogP contribution in [-0.4, -0.2) is 70.1 Å². The third-order valence-electron chi connectivity index (χ3n) is 4.66. The van der Waals surface area contributed by atoms with Crippen LogP contribution in [0.25, 0.3) is 10.7 Å². The standard InChI is InChI=1S/C17H25N5O2S2/c1-12(16-19-15(20-24-16)14-4-3-10-26-14)21-6-8-22(9-7-21)17(23)13(18)5-11-25-2/h3-4,10,12-13H,5-9,11,18H2,1-2H3/t12?,13-/m0/s1. The van der Waals surface area contributed by atoms with Gasteiger partial charge in [0.05, 0.1) is 17.0 Å². The zero-order valence-corrected chi connectivity index (χ0v) is 16.8. The maximum atomic E-state index is 12.4. The monoisotopic (exact) mass is 395 g/mol. The van der Waals surface area contributed by atoms with Crippen molar-refractivity contribution in [3.05, 3.63) is 23.4 Å². The predicted molar refractivity (Wildman–Crippen MR) is 105 cm³/mol. The van der Waals surface area contributed by atoms with E-state index in [0.29, 0.717) is 24.8 Å². The van der Waals surface area contributed by atoms with Gasteiger partial charge in [-0.05, 0) is 36.8 Å². The fourth-order valence-electron chi connectivity index (χ4n) is 3.00. The van der Waals surface area contributed by atoms with Gasteiger partial charge in [-0.3, -0.25) is 9.69 Å². The first-order chi connectivity index (χ1) is 12.6. The molecule has 1 aliphatic heterocycles. The lowest BCUT2D eigenvalue weighted by atomic mass is 10.1. The molecule has 2 N–H and O–H groups in total. The van der Waals surface area contributed by atoms with Crippen LogP contribution in [0.15, 0.2) is 22.0 Å². The molecular weight excluding hydrogens is 370 g/mol. The number of hydrogen-bond acceptors (Lipinski definition) is 8. The fourth-order valence-corrected chi connectivity index (χ4v) is 4.14. The minimum absolute atomic E-state index is 0.0265. The second-order valence-electron chi connectivity index (χ2n) is 6.36. The van der Waals surface area contributed by atoms with Crippen LogP contribution < -0.4 is 5.73 Å². The van der Waals surface area contributed by atoms with E-state index < -0.39 is 6.04 Å². The molecule has 3 heterocycles. The Morgan fingerprint density at radius 2 is 2.19 bits per heavy atom. The summed E-state index contributed by atoms with van der Waals surface area (Å²) < 4.78 is 5.46. The van der Waals surface area contributed by atoms with Gasteiger partial charge in [0.15, 0.2) is 0 Å². The minimum Gasteiger partial charge on any atom is -0.339 e. The van der Waals surface area contributed by atoms with Gasteiger partial charge in [-0.25, -0.2) is 0 Å². The largest absolute Gasteiger partial charge is 0.339 e. The lowest BCUT2D eigenvalue weighted by Crippen LogP contribution is -2.53. The fraction of sp³-hybridized carbons (Fsp3) is 0.588. The van der Waals surface area contributed by atoms with Gasteiger partial charge in [-0.1, -0.05) is 11.2 Å². The number of piperazine rings is 1. The lowest BCUT2D eigenvalue weighted by Gasteiger charge is -2.37. The predicted octanol–water partition coefficient (Wildman–Crippen LogP) is 2.08. The van der Waals surface area contributed by atoms with Crippen molar-refractivity contribution in [2.75, 3.05) is 38.2 Å². The van der Waals surface area contributed by atoms with Crippen molar-refractivity contribution in [1.29, 1.82) is 0 Å². The summed E-state index contributed by atoms with van der Waals surface area (Å²) in [7, 11) is 0. The Hall–Kier alpha value is -1.42. The van der Waals surface area contributed by atoms with E-state index in [-0.39, 0.29) is 11.9 Å². The Labute approximate surface area is 161 Å². The third-order valence-corrected chi connectivity index (χ3v) is 6.17. The van der Waals surface area contributed by atoms with Crippen molar-refractivity contribution in [1.82, 2.24) is 19.9 Å². The Morgan fingerprint density at radius 3 is 2.85 bits per heavy atom. The first-order valence-electron chi connectivity index (χ1n) is 8.75. The van der Waals surface area contributed by atoms with Crippen LogP contribution in [-0.2, 0) is 4.79 Å². The van der Waals surface area contributed by atoms with Gasteiger partial charge in [-0.2, -0.15) is 16.7 Å². The lowest BCUT2D eigenvalue weighted by molar-refractivity contribution is -0.134. The molecule has 9 heteroatoms. The van der Waals surface area contributed by atoms with Crippen molar-refractivity contribution in [2.24, 2.45) is 5.73 Å². The molecule has 142 valence electrons. The van der Waals surface area contributed by atoms with Crippen LogP contribution in [0.5, 0.6) is 0 Å². The molecule has 1 unspecified atom stereocenters. The van der Waals surface area contributed by atoms with Gasteiger partial charge in [0.25, 0.3) is 0 Å². The number of carbonyl (C=O) groups excluding carboxylic acids is 1. The quantitative estimate of drug-likeness (QED) is 0.768. The molecule has 3 rings (SSSR count). The van der Waals surface area contributed by atoms with E-state index in [9.17, 15) is 4.79 Å². The summed E-state index contributed by atoms with van der Waals surface area (Å²) >= 11 is 3.31. The molecule has 0 bridgehead atoms. The topological polar surface area (TPSA) is 88.5 Å². The Bertz CT molecular complexity index is 698. The molecule has 0 aromatic carbocycles. The average Bonchev–Trinajstić information content (AvgIpc) is 3.36. The van der Waals surface area contributed by atoms with Crippen molar-refractivity contribution in [3.63, 3.8) is 0 Å². The Morgan fingerprint density at radius 1 is 1.42 bits per heavy atom. The molecular formula is C17H25N5O2S2. The molecule has 1 amide bonds. The summed E-state index contributed by atoms with van der Waals surface area (Å²) in [6, 6.07) is 3.59. The smallest absolute Gasteiger partial charge is 0.244 e. The highest BCUT2D eigenvalue weighted by molar-refractivity contribution is 7.98. The van der Waals surface area contributed by atoms with E-state index in [0.717, 1.165) is 30.1 Å². The summed E-state index contributed by atoms with van der Waals surface area (Å²) in [5.41, 5.74) is 6.02. The highest BCUT2D eigenvalue weighted by atomic mass is 32.2. The van der Waals surface area contributed by atoms with E-state index in [2.05, 4.69) is 22.0 Å². The normalized spacial score (nSPS) is 18.0. The highest BCUT2D eigenvalue weighted by Gasteiger charge is 2.29. The summed E-state index contributed by atoms with van der Waals surface area (Å²) in [5.74, 6) is 2.22. The van der Waals surface area contributed by atoms with Gasteiger partial charge in [0.2, 0.25) is 17.6 Å². The number of nitrogens with two attached hydrogens (primary N) is 1. The maximum absolute atomic E-state index is 12.4. The summed E-state index contributed by atoms with van der Waals surface area (Å²) in [6.07, 6.45) is 2.75. The van der Waals surface area contributed by atoms with Crippen molar-refractivity contribution in [3.8, 4) is 10.7 Å². The zero-order chi connectivity index (χ0) is 18.5. The summed E-state index contributed by atoms with van der Waals surface area (Å²) in [5, 5.41) is 6.08. The van der Waals surface area contributed by atoms with Crippen LogP contribution in [0.1, 0.15) is 25.3 Å². The van der Waals surface area contributed by atoms with Crippen molar-refractivity contribution in [2.45, 2.75) is 25.4 Å². The number of amides is 1. The molecule has 0 aliphatic carbocycles. The maximum Gasteiger partial charge on any atom is 0.244 e. The minimum atomic E-state index is -0.393. The molecule has 2 aromatic rings. The highest BCUT2D eigenvalue weighted by Crippen LogP contribution is 2.26. The van der Waals surface area contributed by atoms with E-state index >= 15 is 0 Å². The Kier molecular flexibility index (Phi) is 6.68. The number of carbonyl (C=O) groups is 1. The van der Waals surface area contributed by atoms with Crippen molar-refractivity contribution < 1.29 is 9.32 Å². The molecule has 0 radical (unpaired) electrons. The first-order valence-corrected chi connectivity index (χ1v) is 11.0. The van der Waals surface area contributed by atoms with E-state index in [1.54, 1.807) is 23.1 Å². The molecule has 2 atom stereocenters. The molecule has 0 saturated carbocycles. The van der Waals surface area contributed by atoms with Crippen molar-refractivity contribution >= 4 is 29.0 Å². The molecule has 1 aliphatic rings. The number of rotatable bonds is 7. The number of thiophene rings is 1. The molecule has 26 heavy (non-hydrogen) atoms. The number of hydrogen-bond donors (Lipinski definition) is 1. The average molecular weight is 396 g/mol. The van der Waals surface area contributed by atoms with Crippen LogP contribution in [0, 0.1) is 0 Å². The summed E-state index contributed by atoms with van der Waals surface area (Å²) in [6.45, 7) is 4.98. The van der Waals surface area contributed by atoms with Gasteiger partial charge < -0.3 is 15.2 Å². The van der Waals surface area contributed by atoms with Crippen LogP contribution >= 0.6 is 23.1 Å². The van der Waals surface area contributed by atoms with Gasteiger partial charge >= 0.3 is 0 Å². The van der Waals surface area contributed by atoms with E-state index in [4.69, 9.17) is 10.3 Å². The van der Waals surface area contributed by atoms with Gasteiger partial charge in [0, 0.05) is 26.2 Å². The van der Waals surface area contributed by atoms with Crippen LogP contribution in [0.3, 0.4) is 0 Å². The number of thioether (sulfide) groups is 1. The van der Waals surface area contributed by atoms with Gasteiger partial charge in [-0.15, -0.1) is 11.3 Å². The van der Waals surface area contributed by atoms with Crippen LogP contribution in [0.2, 0.25) is 0 Å². The summed E-state index contributed by atoms with van der Waals surface area (Å²) in [4.78, 5) is 22.1. The first kappa shape index (κ1) is 19.3. The molecule has 1 fully saturated rings. The SMILES string of the molecule is CSCC[C@H](N)C(=O)N1CCN(C(C)c2nc(-c3cccs3)no2)CC1. The van der Waals surface area contributed by atoms with E-state index in [1.165, 1.54) is 0 Å². The molecule has 2 aromatic heterocycles. The second kappa shape index (κ2) is 8.98. The molecule has 0 spiro atoms. The third kappa shape index (κ3) is 4.46. The molecule has 1 saturated heterocycles. The number of nitrogens with zero attached hydrogens (tertiary/aromatic N) is 4. The molecule has 7 nitrogen and oxygen atoms in total. The van der Waals surface area contributed by atoms with Gasteiger partial charge in [0.1, 0.15) is 0 Å². The second-order valence-corrected chi connectivity index (χ2v) is 8.29. The zero-order valence-electron chi connectivity index (χ0n) is 15.1. The van der Waals surface area contributed by atoms with E-state index in [1.807, 2.05) is 28.7 Å². The Balaban J connectivity index is 1.54.